The van der Waals surface area contributed by atoms with E-state index in [-0.39, 0.29) is 30.3 Å². The molecular weight excluding hydrogens is 233 g/mol. The van der Waals surface area contributed by atoms with E-state index in [2.05, 4.69) is 5.32 Å². The Morgan fingerprint density at radius 1 is 1.39 bits per heavy atom. The first kappa shape index (κ1) is 14.4. The third-order valence-electron chi connectivity index (χ3n) is 2.63. The molecule has 1 unspecified atom stereocenters. The zero-order chi connectivity index (χ0) is 13.5. The number of halogens is 1. The minimum atomic E-state index is -0.309. The molecule has 0 heterocycles. The first-order chi connectivity index (χ1) is 8.52. The molecule has 18 heavy (non-hydrogen) atoms. The SMILES string of the molecule is CC(C)C(CO)NC(=O)C=Cc1ccc(F)cc1. The molecule has 0 fully saturated rings. The third-order valence-corrected chi connectivity index (χ3v) is 2.63. The smallest absolute Gasteiger partial charge is 0.244 e. The van der Waals surface area contributed by atoms with Gasteiger partial charge in [-0.25, -0.2) is 4.39 Å². The summed E-state index contributed by atoms with van der Waals surface area (Å²) >= 11 is 0. The summed E-state index contributed by atoms with van der Waals surface area (Å²) in [6.07, 6.45) is 2.97. The fourth-order valence-corrected chi connectivity index (χ4v) is 1.40. The molecule has 0 spiro atoms. The topological polar surface area (TPSA) is 49.3 Å². The zero-order valence-electron chi connectivity index (χ0n) is 10.6. The second-order valence-electron chi connectivity index (χ2n) is 4.43. The summed E-state index contributed by atoms with van der Waals surface area (Å²) in [5, 5.41) is 11.8. The summed E-state index contributed by atoms with van der Waals surface area (Å²) < 4.78 is 12.7. The van der Waals surface area contributed by atoms with Gasteiger partial charge >= 0.3 is 0 Å². The van der Waals surface area contributed by atoms with Crippen LogP contribution >= 0.6 is 0 Å². The van der Waals surface area contributed by atoms with E-state index in [1.54, 1.807) is 18.2 Å². The lowest BCUT2D eigenvalue weighted by Crippen LogP contribution is -2.40. The maximum atomic E-state index is 12.7. The number of amides is 1. The van der Waals surface area contributed by atoms with Gasteiger partial charge in [0.25, 0.3) is 0 Å². The van der Waals surface area contributed by atoms with E-state index in [4.69, 9.17) is 5.11 Å². The van der Waals surface area contributed by atoms with Crippen LogP contribution in [0.15, 0.2) is 30.3 Å². The molecular formula is C14H18FNO2. The normalized spacial score (nSPS) is 12.9. The zero-order valence-corrected chi connectivity index (χ0v) is 10.6. The van der Waals surface area contributed by atoms with Gasteiger partial charge in [0.1, 0.15) is 5.82 Å². The Hall–Kier alpha value is -1.68. The standard InChI is InChI=1S/C14H18FNO2/c1-10(2)13(9-17)16-14(18)8-5-11-3-6-12(15)7-4-11/h3-8,10,13,17H,9H2,1-2H3,(H,16,18). The largest absolute Gasteiger partial charge is 0.394 e. The van der Waals surface area contributed by atoms with Crippen molar-refractivity contribution in [3.8, 4) is 0 Å². The molecule has 0 saturated carbocycles. The second-order valence-corrected chi connectivity index (χ2v) is 4.43. The summed E-state index contributed by atoms with van der Waals surface area (Å²) in [5.41, 5.74) is 0.747. The summed E-state index contributed by atoms with van der Waals surface area (Å²) in [6.45, 7) is 3.75. The van der Waals surface area contributed by atoms with Gasteiger partial charge in [-0.05, 0) is 29.7 Å². The molecule has 4 heteroatoms. The van der Waals surface area contributed by atoms with Gasteiger partial charge in [-0.1, -0.05) is 26.0 Å². The number of aliphatic hydroxyl groups excluding tert-OH is 1. The van der Waals surface area contributed by atoms with Gasteiger partial charge in [-0.3, -0.25) is 4.79 Å². The van der Waals surface area contributed by atoms with Crippen molar-refractivity contribution >= 4 is 12.0 Å². The predicted molar refractivity (Wildman–Crippen MR) is 69.3 cm³/mol. The number of carbonyl (C=O) groups is 1. The summed E-state index contributed by atoms with van der Waals surface area (Å²) in [5.74, 6) is -0.415. The number of carbonyl (C=O) groups excluding carboxylic acids is 1. The van der Waals surface area contributed by atoms with E-state index in [9.17, 15) is 9.18 Å². The highest BCUT2D eigenvalue weighted by molar-refractivity contribution is 5.91. The number of rotatable bonds is 5. The van der Waals surface area contributed by atoms with Gasteiger partial charge in [-0.2, -0.15) is 0 Å². The van der Waals surface area contributed by atoms with Crippen molar-refractivity contribution in [3.05, 3.63) is 41.7 Å². The highest BCUT2D eigenvalue weighted by Crippen LogP contribution is 2.05. The van der Waals surface area contributed by atoms with Crippen molar-refractivity contribution in [1.29, 1.82) is 0 Å². The molecule has 1 atom stereocenters. The van der Waals surface area contributed by atoms with Crippen LogP contribution in [-0.4, -0.2) is 23.7 Å². The minimum Gasteiger partial charge on any atom is -0.394 e. The molecule has 0 saturated heterocycles. The van der Waals surface area contributed by atoms with Crippen molar-refractivity contribution < 1.29 is 14.3 Å². The molecule has 1 rings (SSSR count). The van der Waals surface area contributed by atoms with Crippen LogP contribution in [0.25, 0.3) is 6.08 Å². The molecule has 0 radical (unpaired) electrons. The summed E-state index contributed by atoms with van der Waals surface area (Å²) in [7, 11) is 0. The molecule has 1 aromatic rings. The van der Waals surface area contributed by atoms with E-state index in [1.807, 2.05) is 13.8 Å². The molecule has 0 aliphatic carbocycles. The predicted octanol–water partition coefficient (Wildman–Crippen LogP) is 1.97. The van der Waals surface area contributed by atoms with Crippen molar-refractivity contribution in [2.24, 2.45) is 5.92 Å². The summed E-state index contributed by atoms with van der Waals surface area (Å²) in [6, 6.07) is 5.59. The van der Waals surface area contributed by atoms with Crippen LogP contribution in [0.3, 0.4) is 0 Å². The summed E-state index contributed by atoms with van der Waals surface area (Å²) in [4.78, 5) is 11.6. The molecule has 0 aromatic heterocycles. The van der Waals surface area contributed by atoms with Gasteiger partial charge in [-0.15, -0.1) is 0 Å². The Morgan fingerprint density at radius 2 is 2.00 bits per heavy atom. The average Bonchev–Trinajstić information content (AvgIpc) is 2.35. The van der Waals surface area contributed by atoms with Gasteiger partial charge < -0.3 is 10.4 Å². The third kappa shape index (κ3) is 4.67. The van der Waals surface area contributed by atoms with E-state index in [0.29, 0.717) is 0 Å². The van der Waals surface area contributed by atoms with Crippen LogP contribution in [0, 0.1) is 11.7 Å². The lowest BCUT2D eigenvalue weighted by Gasteiger charge is -2.18. The van der Waals surface area contributed by atoms with Gasteiger partial charge in [0.05, 0.1) is 12.6 Å². The quantitative estimate of drug-likeness (QED) is 0.786. The van der Waals surface area contributed by atoms with Crippen molar-refractivity contribution in [2.75, 3.05) is 6.61 Å². The van der Waals surface area contributed by atoms with Gasteiger partial charge in [0.2, 0.25) is 5.91 Å². The van der Waals surface area contributed by atoms with Gasteiger partial charge in [0, 0.05) is 6.08 Å². The molecule has 3 nitrogen and oxygen atoms in total. The first-order valence-electron chi connectivity index (χ1n) is 5.88. The number of hydrogen-bond donors (Lipinski definition) is 2. The average molecular weight is 251 g/mol. The molecule has 2 N–H and O–H groups in total. The number of hydrogen-bond acceptors (Lipinski definition) is 2. The lowest BCUT2D eigenvalue weighted by atomic mass is 10.1. The van der Waals surface area contributed by atoms with Crippen LogP contribution in [0.4, 0.5) is 4.39 Å². The second kappa shape index (κ2) is 6.91. The Labute approximate surface area is 106 Å². The van der Waals surface area contributed by atoms with Crippen LogP contribution < -0.4 is 5.32 Å². The molecule has 1 amide bonds. The number of benzene rings is 1. The van der Waals surface area contributed by atoms with Crippen molar-refractivity contribution in [2.45, 2.75) is 19.9 Å². The van der Waals surface area contributed by atoms with E-state index >= 15 is 0 Å². The van der Waals surface area contributed by atoms with Crippen LogP contribution in [0.1, 0.15) is 19.4 Å². The Kier molecular flexibility index (Phi) is 5.52. The lowest BCUT2D eigenvalue weighted by molar-refractivity contribution is -0.117. The molecule has 0 bridgehead atoms. The fraction of sp³-hybridized carbons (Fsp3) is 0.357. The molecule has 98 valence electrons. The molecule has 1 aromatic carbocycles. The highest BCUT2D eigenvalue weighted by Gasteiger charge is 2.12. The highest BCUT2D eigenvalue weighted by atomic mass is 19.1. The van der Waals surface area contributed by atoms with Crippen LogP contribution in [0.2, 0.25) is 0 Å². The number of aliphatic hydroxyl groups is 1. The number of nitrogens with one attached hydrogen (secondary N) is 1. The van der Waals surface area contributed by atoms with E-state index in [0.717, 1.165) is 5.56 Å². The van der Waals surface area contributed by atoms with Gasteiger partial charge in [0.15, 0.2) is 0 Å². The molecule has 0 aliphatic rings. The van der Waals surface area contributed by atoms with Crippen molar-refractivity contribution in [1.82, 2.24) is 5.32 Å². The van der Waals surface area contributed by atoms with E-state index in [1.165, 1.54) is 18.2 Å². The Bertz CT molecular complexity index is 412. The maximum absolute atomic E-state index is 12.7. The Balaban J connectivity index is 2.56. The minimum absolute atomic E-state index is 0.0895. The van der Waals surface area contributed by atoms with Crippen molar-refractivity contribution in [3.63, 3.8) is 0 Å². The van der Waals surface area contributed by atoms with E-state index < -0.39 is 0 Å². The monoisotopic (exact) mass is 251 g/mol. The fourth-order valence-electron chi connectivity index (χ4n) is 1.40. The molecule has 0 aliphatic heterocycles. The first-order valence-corrected chi connectivity index (χ1v) is 5.88. The van der Waals surface area contributed by atoms with Crippen LogP contribution in [-0.2, 0) is 4.79 Å². The Morgan fingerprint density at radius 3 is 2.50 bits per heavy atom. The maximum Gasteiger partial charge on any atom is 0.244 e. The van der Waals surface area contributed by atoms with Crippen LogP contribution in [0.5, 0.6) is 0 Å².